The van der Waals surface area contributed by atoms with Gasteiger partial charge >= 0.3 is 24.4 Å². The van der Waals surface area contributed by atoms with Crippen molar-refractivity contribution in [2.45, 2.75) is 37.2 Å². The number of carbonyl (C=O) groups excluding carboxylic acids is 2. The van der Waals surface area contributed by atoms with E-state index < -0.39 is 53.0 Å². The second-order valence-electron chi connectivity index (χ2n) is 9.82. The number of amides is 4. The molecule has 4 rings (SSSR count). The van der Waals surface area contributed by atoms with Crippen LogP contribution in [0.3, 0.4) is 0 Å². The molecule has 2 aliphatic heterocycles. The minimum absolute atomic E-state index is 0.00505. The van der Waals surface area contributed by atoms with E-state index in [1.807, 2.05) is 0 Å². The number of hydrogen-bond donors (Lipinski definition) is 0. The molecular formula is C26H27F7N4O2. The van der Waals surface area contributed by atoms with Crippen molar-refractivity contribution in [1.29, 1.82) is 0 Å². The van der Waals surface area contributed by atoms with Gasteiger partial charge in [-0.25, -0.2) is 14.0 Å². The van der Waals surface area contributed by atoms with Crippen LogP contribution in [0.25, 0.3) is 0 Å². The Morgan fingerprint density at radius 3 is 1.87 bits per heavy atom. The maximum atomic E-state index is 13.6. The van der Waals surface area contributed by atoms with Gasteiger partial charge in [-0.15, -0.1) is 0 Å². The van der Waals surface area contributed by atoms with Gasteiger partial charge in [0.2, 0.25) is 0 Å². The fraction of sp³-hybridized carbons (Fsp3) is 0.462. The second-order valence-corrected chi connectivity index (χ2v) is 9.82. The van der Waals surface area contributed by atoms with Gasteiger partial charge in [0.25, 0.3) is 0 Å². The third-order valence-corrected chi connectivity index (χ3v) is 7.28. The number of urea groups is 2. The third-order valence-electron chi connectivity index (χ3n) is 7.28. The van der Waals surface area contributed by atoms with Crippen LogP contribution in [-0.2, 0) is 12.4 Å². The van der Waals surface area contributed by atoms with E-state index in [2.05, 4.69) is 0 Å². The van der Waals surface area contributed by atoms with E-state index in [0.29, 0.717) is 30.8 Å². The SMILES string of the molecule is CN(C(=O)N(C)[C@@H]1CN(C(=O)N2CCCC2)C[C@H]1c1ccc(F)cc1)c1cc(C(F)(F)F)cc(C(F)(F)F)c1. The summed E-state index contributed by atoms with van der Waals surface area (Å²) < 4.78 is 93.8. The molecule has 0 bridgehead atoms. The van der Waals surface area contributed by atoms with E-state index in [4.69, 9.17) is 0 Å². The van der Waals surface area contributed by atoms with Crippen LogP contribution in [0.1, 0.15) is 35.4 Å². The van der Waals surface area contributed by atoms with Crippen LogP contribution in [0.15, 0.2) is 42.5 Å². The lowest BCUT2D eigenvalue weighted by Crippen LogP contribution is -2.48. The highest BCUT2D eigenvalue weighted by Gasteiger charge is 2.43. The summed E-state index contributed by atoms with van der Waals surface area (Å²) in [7, 11) is 2.46. The van der Waals surface area contributed by atoms with Crippen LogP contribution in [0.4, 0.5) is 46.0 Å². The Hall–Kier alpha value is -3.51. The van der Waals surface area contributed by atoms with Crippen molar-refractivity contribution in [3.8, 4) is 0 Å². The fourth-order valence-electron chi connectivity index (χ4n) is 5.10. The van der Waals surface area contributed by atoms with Gasteiger partial charge in [-0.05, 0) is 48.7 Å². The number of hydrogen-bond acceptors (Lipinski definition) is 2. The number of likely N-dealkylation sites (N-methyl/N-ethyl adjacent to an activating group) is 1. The molecule has 6 nitrogen and oxygen atoms in total. The van der Waals surface area contributed by atoms with Gasteiger partial charge in [-0.1, -0.05) is 12.1 Å². The van der Waals surface area contributed by atoms with Gasteiger partial charge in [-0.3, -0.25) is 4.90 Å². The molecule has 4 amide bonds. The lowest BCUT2D eigenvalue weighted by Gasteiger charge is -2.33. The van der Waals surface area contributed by atoms with E-state index in [-0.39, 0.29) is 25.2 Å². The van der Waals surface area contributed by atoms with Crippen molar-refractivity contribution in [3.05, 3.63) is 65.0 Å². The normalized spacial score (nSPS) is 19.9. The number of halogens is 7. The number of benzene rings is 2. The maximum absolute atomic E-state index is 13.6. The summed E-state index contributed by atoms with van der Waals surface area (Å²) in [6.07, 6.45) is -8.41. The Kier molecular flexibility index (Phi) is 7.72. The van der Waals surface area contributed by atoms with E-state index >= 15 is 0 Å². The predicted molar refractivity (Wildman–Crippen MR) is 129 cm³/mol. The van der Waals surface area contributed by atoms with Gasteiger partial charge in [-0.2, -0.15) is 26.3 Å². The maximum Gasteiger partial charge on any atom is 0.416 e. The quantitative estimate of drug-likeness (QED) is 0.430. The summed E-state index contributed by atoms with van der Waals surface area (Å²) in [5.74, 6) is -0.945. The van der Waals surface area contributed by atoms with E-state index in [1.165, 1.54) is 36.2 Å². The molecule has 0 spiro atoms. The van der Waals surface area contributed by atoms with Crippen LogP contribution in [0.5, 0.6) is 0 Å². The molecule has 2 fully saturated rings. The third kappa shape index (κ3) is 6.06. The van der Waals surface area contributed by atoms with Crippen molar-refractivity contribution in [3.63, 3.8) is 0 Å². The molecular weight excluding hydrogens is 533 g/mol. The lowest BCUT2D eigenvalue weighted by atomic mass is 9.93. The number of carbonyl (C=O) groups is 2. The summed E-state index contributed by atoms with van der Waals surface area (Å²) in [4.78, 5) is 31.7. The first-order valence-electron chi connectivity index (χ1n) is 12.3. The van der Waals surface area contributed by atoms with Crippen molar-refractivity contribution >= 4 is 17.7 Å². The van der Waals surface area contributed by atoms with Crippen LogP contribution in [-0.4, -0.2) is 73.1 Å². The molecule has 2 saturated heterocycles. The molecule has 0 saturated carbocycles. The van der Waals surface area contributed by atoms with Crippen LogP contribution >= 0.6 is 0 Å². The minimum Gasteiger partial charge on any atom is -0.325 e. The minimum atomic E-state index is -5.07. The first kappa shape index (κ1) is 28.5. The molecule has 212 valence electrons. The van der Waals surface area contributed by atoms with Crippen LogP contribution in [0, 0.1) is 5.82 Å². The highest BCUT2D eigenvalue weighted by molar-refractivity contribution is 5.92. The van der Waals surface area contributed by atoms with E-state index in [9.17, 15) is 40.3 Å². The summed E-state index contributed by atoms with van der Waals surface area (Å²) in [6.45, 7) is 1.48. The zero-order chi connectivity index (χ0) is 28.7. The zero-order valence-corrected chi connectivity index (χ0v) is 21.2. The number of rotatable bonds is 3. The summed E-state index contributed by atoms with van der Waals surface area (Å²) in [5.41, 5.74) is -3.03. The molecule has 2 aromatic carbocycles. The molecule has 2 heterocycles. The lowest BCUT2D eigenvalue weighted by molar-refractivity contribution is -0.143. The van der Waals surface area contributed by atoms with Crippen molar-refractivity contribution in [2.75, 3.05) is 45.2 Å². The number of anilines is 1. The van der Waals surface area contributed by atoms with E-state index in [0.717, 1.165) is 24.8 Å². The van der Waals surface area contributed by atoms with Gasteiger partial charge in [0.1, 0.15) is 5.82 Å². The Bertz CT molecular complexity index is 1180. The monoisotopic (exact) mass is 560 g/mol. The molecule has 2 aromatic rings. The first-order valence-corrected chi connectivity index (χ1v) is 12.3. The summed E-state index contributed by atoms with van der Waals surface area (Å²) >= 11 is 0. The largest absolute Gasteiger partial charge is 0.416 e. The van der Waals surface area contributed by atoms with Gasteiger partial charge < -0.3 is 14.7 Å². The topological polar surface area (TPSA) is 47.1 Å². The Morgan fingerprint density at radius 1 is 0.821 bits per heavy atom. The molecule has 13 heteroatoms. The van der Waals surface area contributed by atoms with Crippen LogP contribution < -0.4 is 4.90 Å². The molecule has 0 aromatic heterocycles. The van der Waals surface area contributed by atoms with Crippen LogP contribution in [0.2, 0.25) is 0 Å². The summed E-state index contributed by atoms with van der Waals surface area (Å²) in [6, 6.07) is 4.74. The molecule has 39 heavy (non-hydrogen) atoms. The Labute approximate surface area is 220 Å². The molecule has 0 aliphatic carbocycles. The highest BCUT2D eigenvalue weighted by Crippen LogP contribution is 2.39. The Balaban J connectivity index is 1.64. The van der Waals surface area contributed by atoms with Crippen molar-refractivity contribution < 1.29 is 40.3 Å². The summed E-state index contributed by atoms with van der Waals surface area (Å²) in [5, 5.41) is 0. The van der Waals surface area contributed by atoms with Crippen molar-refractivity contribution in [1.82, 2.24) is 14.7 Å². The number of alkyl halides is 6. The average molecular weight is 561 g/mol. The Morgan fingerprint density at radius 2 is 1.36 bits per heavy atom. The van der Waals surface area contributed by atoms with Gasteiger partial charge in [0, 0.05) is 51.9 Å². The van der Waals surface area contributed by atoms with Gasteiger partial charge in [0.15, 0.2) is 0 Å². The molecule has 0 unspecified atom stereocenters. The standard InChI is InChI=1S/C26H27F7N4O2/c1-34(20-12-17(25(28,29)30)11-18(13-20)26(31,32)33)23(38)35(2)22-15-37(24(39)36-9-3-4-10-36)14-21(22)16-5-7-19(27)8-6-16/h5-8,11-13,21-22H,3-4,9-10,14-15H2,1-2H3/t21-,22+/m0/s1. The molecule has 0 N–H and O–H groups in total. The van der Waals surface area contributed by atoms with E-state index in [1.54, 1.807) is 9.80 Å². The van der Waals surface area contributed by atoms with Crippen molar-refractivity contribution in [2.24, 2.45) is 0 Å². The smallest absolute Gasteiger partial charge is 0.325 e. The first-order chi connectivity index (χ1) is 18.2. The predicted octanol–water partition coefficient (Wildman–Crippen LogP) is 6.04. The number of likely N-dealkylation sites (tertiary alicyclic amines) is 2. The second kappa shape index (κ2) is 10.6. The molecule has 2 aliphatic rings. The highest BCUT2D eigenvalue weighted by atomic mass is 19.4. The molecule has 2 atom stereocenters. The zero-order valence-electron chi connectivity index (χ0n) is 21.2. The number of nitrogens with zero attached hydrogens (tertiary/aromatic N) is 4. The van der Waals surface area contributed by atoms with Gasteiger partial charge in [0.05, 0.1) is 17.2 Å². The fourth-order valence-corrected chi connectivity index (χ4v) is 5.10. The molecule has 0 radical (unpaired) electrons. The average Bonchev–Trinajstić information content (AvgIpc) is 3.57.